The summed E-state index contributed by atoms with van der Waals surface area (Å²) >= 11 is 0. The molecule has 0 saturated carbocycles. The van der Waals surface area contributed by atoms with Gasteiger partial charge in [-0.3, -0.25) is 14.4 Å². The average molecular weight is 765 g/mol. The van der Waals surface area contributed by atoms with Crippen LogP contribution in [-0.2, 0) is 28.6 Å². The zero-order chi connectivity index (χ0) is 39.9. The molecule has 0 aromatic heterocycles. The molecule has 0 aliphatic carbocycles. The number of ether oxygens (including phenoxy) is 3. The maximum Gasteiger partial charge on any atom is 0.306 e. The van der Waals surface area contributed by atoms with Crippen molar-refractivity contribution in [2.45, 2.75) is 260 Å². The predicted octanol–water partition coefficient (Wildman–Crippen LogP) is 14.8. The molecule has 0 aliphatic heterocycles. The Balaban J connectivity index is 4.32. The largest absolute Gasteiger partial charge is 0.462 e. The van der Waals surface area contributed by atoms with Gasteiger partial charge in [-0.1, -0.05) is 215 Å². The molecule has 0 heterocycles. The van der Waals surface area contributed by atoms with Crippen LogP contribution in [0.3, 0.4) is 0 Å². The van der Waals surface area contributed by atoms with Crippen LogP contribution in [-0.4, -0.2) is 37.2 Å². The fourth-order valence-electron chi connectivity index (χ4n) is 7.02. The zero-order valence-corrected chi connectivity index (χ0v) is 37.0. The van der Waals surface area contributed by atoms with E-state index in [1.807, 2.05) is 0 Å². The van der Waals surface area contributed by atoms with E-state index in [1.54, 1.807) is 0 Å². The lowest BCUT2D eigenvalue weighted by Crippen LogP contribution is -2.30. The summed E-state index contributed by atoms with van der Waals surface area (Å²) in [7, 11) is 0. The first-order valence-electron chi connectivity index (χ1n) is 23.6. The molecule has 0 aliphatic rings. The maximum absolute atomic E-state index is 12.7. The highest BCUT2D eigenvalue weighted by atomic mass is 16.6. The predicted molar refractivity (Wildman–Crippen MR) is 229 cm³/mol. The molecule has 0 rings (SSSR count). The van der Waals surface area contributed by atoms with Crippen molar-refractivity contribution < 1.29 is 28.6 Å². The van der Waals surface area contributed by atoms with Crippen LogP contribution >= 0.6 is 0 Å². The molecule has 0 N–H and O–H groups in total. The van der Waals surface area contributed by atoms with E-state index in [0.717, 1.165) is 75.5 Å². The normalized spacial score (nSPS) is 12.7. The van der Waals surface area contributed by atoms with Crippen molar-refractivity contribution in [3.8, 4) is 0 Å². The number of unbranched alkanes of at least 4 members (excludes halogenated alkanes) is 23. The van der Waals surface area contributed by atoms with E-state index in [9.17, 15) is 14.4 Å². The van der Waals surface area contributed by atoms with Crippen LogP contribution < -0.4 is 0 Å². The molecule has 0 spiro atoms. The lowest BCUT2D eigenvalue weighted by atomic mass is 9.99. The van der Waals surface area contributed by atoms with Gasteiger partial charge in [-0.05, 0) is 37.0 Å². The molecular weight excluding hydrogens is 673 g/mol. The summed E-state index contributed by atoms with van der Waals surface area (Å²) in [5.74, 6) is 1.58. The van der Waals surface area contributed by atoms with Crippen LogP contribution in [0.1, 0.15) is 253 Å². The van der Waals surface area contributed by atoms with Crippen molar-refractivity contribution in [2.75, 3.05) is 13.2 Å². The minimum atomic E-state index is -0.762. The first kappa shape index (κ1) is 52.4. The van der Waals surface area contributed by atoms with Gasteiger partial charge in [0.25, 0.3) is 0 Å². The summed E-state index contributed by atoms with van der Waals surface area (Å²) in [5, 5.41) is 0. The van der Waals surface area contributed by atoms with E-state index < -0.39 is 6.10 Å². The summed E-state index contributed by atoms with van der Waals surface area (Å²) in [6, 6.07) is 0. The van der Waals surface area contributed by atoms with E-state index in [0.29, 0.717) is 19.3 Å². The molecule has 6 heteroatoms. The van der Waals surface area contributed by atoms with Crippen molar-refractivity contribution >= 4 is 17.9 Å². The SMILES string of the molecule is CCC(C)CCCCCCCCCCC(=O)OC[C@@H](COC(=O)CCCCCCCCC(C)C)OC(=O)CCCCCCCCCCCCCCC(C)C. The van der Waals surface area contributed by atoms with Crippen LogP contribution in [0.4, 0.5) is 0 Å². The molecular formula is C48H92O6. The molecule has 0 saturated heterocycles. The Kier molecular flexibility index (Phi) is 38.5. The van der Waals surface area contributed by atoms with Gasteiger partial charge in [-0.2, -0.15) is 0 Å². The zero-order valence-electron chi connectivity index (χ0n) is 37.0. The van der Waals surface area contributed by atoms with Crippen LogP contribution in [0.15, 0.2) is 0 Å². The monoisotopic (exact) mass is 765 g/mol. The second-order valence-corrected chi connectivity index (χ2v) is 17.6. The third kappa shape index (κ3) is 40.1. The van der Waals surface area contributed by atoms with Crippen molar-refractivity contribution in [3.63, 3.8) is 0 Å². The Bertz CT molecular complexity index is 839. The van der Waals surface area contributed by atoms with E-state index >= 15 is 0 Å². The Hall–Kier alpha value is -1.59. The topological polar surface area (TPSA) is 78.9 Å². The van der Waals surface area contributed by atoms with Gasteiger partial charge in [0.2, 0.25) is 0 Å². The van der Waals surface area contributed by atoms with Crippen molar-refractivity contribution in [3.05, 3.63) is 0 Å². The molecule has 0 aromatic rings. The second-order valence-electron chi connectivity index (χ2n) is 17.6. The lowest BCUT2D eigenvalue weighted by molar-refractivity contribution is -0.167. The molecule has 320 valence electrons. The molecule has 2 atom stereocenters. The molecule has 6 nitrogen and oxygen atoms in total. The van der Waals surface area contributed by atoms with Gasteiger partial charge in [0.05, 0.1) is 0 Å². The number of rotatable bonds is 41. The van der Waals surface area contributed by atoms with E-state index in [2.05, 4.69) is 41.5 Å². The molecule has 0 bridgehead atoms. The van der Waals surface area contributed by atoms with Gasteiger partial charge in [0.1, 0.15) is 13.2 Å². The van der Waals surface area contributed by atoms with Crippen molar-refractivity contribution in [1.82, 2.24) is 0 Å². The molecule has 1 unspecified atom stereocenters. The van der Waals surface area contributed by atoms with Crippen molar-refractivity contribution in [2.24, 2.45) is 17.8 Å². The third-order valence-corrected chi connectivity index (χ3v) is 11.0. The number of esters is 3. The van der Waals surface area contributed by atoms with E-state index in [1.165, 1.54) is 135 Å². The Morgan fingerprint density at radius 3 is 0.963 bits per heavy atom. The minimum Gasteiger partial charge on any atom is -0.462 e. The lowest BCUT2D eigenvalue weighted by Gasteiger charge is -2.18. The first-order valence-corrected chi connectivity index (χ1v) is 23.6. The summed E-state index contributed by atoms with van der Waals surface area (Å²) in [6.45, 7) is 13.6. The summed E-state index contributed by atoms with van der Waals surface area (Å²) in [6.07, 6.45) is 36.7. The fraction of sp³-hybridized carbons (Fsp3) is 0.938. The van der Waals surface area contributed by atoms with Gasteiger partial charge < -0.3 is 14.2 Å². The van der Waals surface area contributed by atoms with Gasteiger partial charge >= 0.3 is 17.9 Å². The second kappa shape index (κ2) is 39.6. The first-order chi connectivity index (χ1) is 26.1. The average Bonchev–Trinajstić information content (AvgIpc) is 3.14. The Morgan fingerprint density at radius 2 is 0.648 bits per heavy atom. The summed E-state index contributed by atoms with van der Waals surface area (Å²) in [5.41, 5.74) is 0. The summed E-state index contributed by atoms with van der Waals surface area (Å²) in [4.78, 5) is 37.7. The molecule has 0 radical (unpaired) electrons. The molecule has 0 aromatic carbocycles. The number of carbonyl (C=O) groups excluding carboxylic acids is 3. The maximum atomic E-state index is 12.7. The van der Waals surface area contributed by atoms with Gasteiger partial charge in [0, 0.05) is 19.3 Å². The third-order valence-electron chi connectivity index (χ3n) is 11.0. The smallest absolute Gasteiger partial charge is 0.306 e. The van der Waals surface area contributed by atoms with Gasteiger partial charge in [-0.25, -0.2) is 0 Å². The molecule has 54 heavy (non-hydrogen) atoms. The minimum absolute atomic E-state index is 0.0666. The molecule has 0 fully saturated rings. The van der Waals surface area contributed by atoms with Gasteiger partial charge in [0.15, 0.2) is 6.10 Å². The standard InChI is InChI=1S/C48H92O6/c1-7-44(6)36-30-24-17-14-15-18-25-31-37-46(49)52-40-45(41-53-47(50)38-32-26-21-20-23-29-35-43(4)5)54-48(51)39-33-27-19-13-11-9-8-10-12-16-22-28-34-42(2)3/h42-45H,7-41H2,1-6H3/t44?,45-/m0/s1. The van der Waals surface area contributed by atoms with Crippen molar-refractivity contribution in [1.29, 1.82) is 0 Å². The van der Waals surface area contributed by atoms with Crippen LogP contribution in [0.25, 0.3) is 0 Å². The number of hydrogen-bond donors (Lipinski definition) is 0. The highest BCUT2D eigenvalue weighted by Gasteiger charge is 2.19. The Labute approximate surface area is 336 Å². The van der Waals surface area contributed by atoms with E-state index in [-0.39, 0.29) is 31.1 Å². The highest BCUT2D eigenvalue weighted by molar-refractivity contribution is 5.71. The summed E-state index contributed by atoms with van der Waals surface area (Å²) < 4.78 is 16.7. The highest BCUT2D eigenvalue weighted by Crippen LogP contribution is 2.17. The van der Waals surface area contributed by atoms with Crippen LogP contribution in [0, 0.1) is 17.8 Å². The number of carbonyl (C=O) groups is 3. The van der Waals surface area contributed by atoms with E-state index in [4.69, 9.17) is 14.2 Å². The quantitative estimate of drug-likeness (QED) is 0.0350. The van der Waals surface area contributed by atoms with Gasteiger partial charge in [-0.15, -0.1) is 0 Å². The fourth-order valence-corrected chi connectivity index (χ4v) is 7.02. The van der Waals surface area contributed by atoms with Crippen LogP contribution in [0.5, 0.6) is 0 Å². The van der Waals surface area contributed by atoms with Crippen LogP contribution in [0.2, 0.25) is 0 Å². The Morgan fingerprint density at radius 1 is 0.370 bits per heavy atom. The number of hydrogen-bond acceptors (Lipinski definition) is 6. The molecule has 0 amide bonds.